The minimum absolute atomic E-state index is 0.0259. The Hall–Kier alpha value is -1.33. The average molecular weight is 406 g/mol. The van der Waals surface area contributed by atoms with Gasteiger partial charge in [0.15, 0.2) is 0 Å². The van der Waals surface area contributed by atoms with Crippen LogP contribution in [-0.2, 0) is 15.6 Å². The van der Waals surface area contributed by atoms with Crippen molar-refractivity contribution in [1.29, 1.82) is 0 Å². The van der Waals surface area contributed by atoms with Crippen LogP contribution in [0.5, 0.6) is 5.75 Å². The summed E-state index contributed by atoms with van der Waals surface area (Å²) in [6.45, 7) is 16.6. The fourth-order valence-electron chi connectivity index (χ4n) is 3.08. The maximum absolute atomic E-state index is 12.9. The molecular formula is C22H31NO2S2. The molecule has 0 aliphatic carbocycles. The summed E-state index contributed by atoms with van der Waals surface area (Å²) in [5, 5.41) is 10.9. The van der Waals surface area contributed by atoms with Gasteiger partial charge in [0.2, 0.25) is 0 Å². The zero-order valence-electron chi connectivity index (χ0n) is 17.6. The third kappa shape index (κ3) is 4.57. The number of carbonyl (C=O) groups is 1. The Labute approximate surface area is 173 Å². The molecule has 1 aromatic carbocycles. The molecular weight excluding hydrogens is 374 g/mol. The molecule has 5 heteroatoms. The van der Waals surface area contributed by atoms with Gasteiger partial charge in [0.25, 0.3) is 5.91 Å². The summed E-state index contributed by atoms with van der Waals surface area (Å²) >= 11 is 6.79. The highest BCUT2D eigenvalue weighted by atomic mass is 32.2. The Kier molecular flexibility index (Phi) is 6.18. The van der Waals surface area contributed by atoms with E-state index in [9.17, 15) is 9.90 Å². The number of aromatic hydroxyl groups is 1. The monoisotopic (exact) mass is 405 g/mol. The zero-order valence-corrected chi connectivity index (χ0v) is 19.3. The quantitative estimate of drug-likeness (QED) is 0.495. The summed E-state index contributed by atoms with van der Waals surface area (Å²) in [5.41, 5.74) is 2.29. The lowest BCUT2D eigenvalue weighted by Crippen LogP contribution is -2.36. The molecule has 3 nitrogen and oxygen atoms in total. The lowest BCUT2D eigenvalue weighted by Gasteiger charge is -2.28. The van der Waals surface area contributed by atoms with E-state index < -0.39 is 0 Å². The maximum atomic E-state index is 12.9. The highest BCUT2D eigenvalue weighted by molar-refractivity contribution is 8.26. The van der Waals surface area contributed by atoms with E-state index in [-0.39, 0.29) is 22.8 Å². The van der Waals surface area contributed by atoms with Gasteiger partial charge in [-0.05, 0) is 47.9 Å². The van der Waals surface area contributed by atoms with Crippen molar-refractivity contribution in [2.75, 3.05) is 0 Å². The minimum Gasteiger partial charge on any atom is -0.507 e. The van der Waals surface area contributed by atoms with Crippen LogP contribution in [0.3, 0.4) is 0 Å². The largest absolute Gasteiger partial charge is 0.507 e. The second kappa shape index (κ2) is 7.59. The van der Waals surface area contributed by atoms with Crippen molar-refractivity contribution in [2.24, 2.45) is 0 Å². The Balaban J connectivity index is 2.58. The Bertz CT molecular complexity index is 763. The fraction of sp³-hybridized carbons (Fsp3) is 0.545. The van der Waals surface area contributed by atoms with E-state index in [1.165, 1.54) is 11.8 Å². The molecule has 1 aromatic rings. The van der Waals surface area contributed by atoms with Crippen LogP contribution in [0, 0.1) is 0 Å². The smallest absolute Gasteiger partial charge is 0.266 e. The molecule has 1 N–H and O–H groups in total. The van der Waals surface area contributed by atoms with Gasteiger partial charge in [-0.15, -0.1) is 0 Å². The summed E-state index contributed by atoms with van der Waals surface area (Å²) in [6.07, 6.45) is 2.77. The highest BCUT2D eigenvalue weighted by Crippen LogP contribution is 2.41. The number of phenolic OH excluding ortho intramolecular Hbond substituents is 1. The molecule has 1 amide bonds. The third-order valence-corrected chi connectivity index (χ3v) is 6.23. The molecule has 1 aliphatic heterocycles. The van der Waals surface area contributed by atoms with E-state index in [1.54, 1.807) is 4.90 Å². The molecule has 0 aromatic heterocycles. The molecule has 0 spiro atoms. The normalized spacial score (nSPS) is 18.5. The van der Waals surface area contributed by atoms with Crippen LogP contribution in [0.4, 0.5) is 0 Å². The molecule has 2 rings (SSSR count). The van der Waals surface area contributed by atoms with Crippen LogP contribution in [0.2, 0.25) is 0 Å². The molecule has 0 radical (unpaired) electrons. The molecule has 1 aliphatic rings. The number of benzene rings is 1. The van der Waals surface area contributed by atoms with Crippen LogP contribution < -0.4 is 0 Å². The molecule has 1 saturated heterocycles. The second-order valence-corrected chi connectivity index (χ2v) is 10.9. The average Bonchev–Trinajstić information content (AvgIpc) is 2.80. The molecule has 0 saturated carbocycles. The fourth-order valence-corrected chi connectivity index (χ4v) is 4.54. The van der Waals surface area contributed by atoms with Gasteiger partial charge >= 0.3 is 0 Å². The Morgan fingerprint density at radius 1 is 1.15 bits per heavy atom. The van der Waals surface area contributed by atoms with Gasteiger partial charge in [-0.3, -0.25) is 9.69 Å². The van der Waals surface area contributed by atoms with Crippen LogP contribution in [-0.4, -0.2) is 26.3 Å². The van der Waals surface area contributed by atoms with E-state index in [4.69, 9.17) is 12.2 Å². The van der Waals surface area contributed by atoms with Crippen molar-refractivity contribution in [3.8, 4) is 5.75 Å². The van der Waals surface area contributed by atoms with Crippen molar-refractivity contribution >= 4 is 40.3 Å². The van der Waals surface area contributed by atoms with Gasteiger partial charge in [0.05, 0.1) is 4.91 Å². The molecule has 1 atom stereocenters. The topological polar surface area (TPSA) is 40.5 Å². The van der Waals surface area contributed by atoms with E-state index in [0.717, 1.165) is 23.1 Å². The predicted octanol–water partition coefficient (Wildman–Crippen LogP) is 5.99. The molecule has 27 heavy (non-hydrogen) atoms. The standard InChI is InChI=1S/C22H31NO2S2/c1-9-13(2)23-19(25)17(27-20(23)26)12-14-10-15(21(3,4)5)18(24)16(11-14)22(6,7)8/h10-13,24H,9H2,1-8H3/b17-12-/t13-/m1/s1. The van der Waals surface area contributed by atoms with Crippen molar-refractivity contribution in [2.45, 2.75) is 78.7 Å². The zero-order chi connectivity index (χ0) is 20.7. The van der Waals surface area contributed by atoms with Gasteiger partial charge in [-0.25, -0.2) is 0 Å². The Morgan fingerprint density at radius 2 is 1.63 bits per heavy atom. The predicted molar refractivity (Wildman–Crippen MR) is 120 cm³/mol. The lowest BCUT2D eigenvalue weighted by molar-refractivity contribution is -0.123. The number of thiocarbonyl (C=S) groups is 1. The van der Waals surface area contributed by atoms with E-state index in [1.807, 2.05) is 25.1 Å². The minimum atomic E-state index is -0.205. The van der Waals surface area contributed by atoms with Crippen molar-refractivity contribution in [3.63, 3.8) is 0 Å². The lowest BCUT2D eigenvalue weighted by atomic mass is 9.78. The second-order valence-electron chi connectivity index (χ2n) is 9.27. The Morgan fingerprint density at radius 3 is 2.04 bits per heavy atom. The van der Waals surface area contributed by atoms with Crippen molar-refractivity contribution in [1.82, 2.24) is 4.90 Å². The van der Waals surface area contributed by atoms with Crippen molar-refractivity contribution in [3.05, 3.63) is 33.7 Å². The van der Waals surface area contributed by atoms with Crippen LogP contribution in [0.1, 0.15) is 78.5 Å². The van der Waals surface area contributed by atoms with Gasteiger partial charge in [-0.2, -0.15) is 0 Å². The molecule has 148 valence electrons. The first-order chi connectivity index (χ1) is 12.3. The highest BCUT2D eigenvalue weighted by Gasteiger charge is 2.35. The van der Waals surface area contributed by atoms with E-state index in [0.29, 0.717) is 15.0 Å². The molecule has 0 bridgehead atoms. The van der Waals surface area contributed by atoms with E-state index >= 15 is 0 Å². The van der Waals surface area contributed by atoms with Crippen LogP contribution in [0.25, 0.3) is 6.08 Å². The SMILES string of the molecule is CC[C@@H](C)N1C(=O)/C(=C/c2cc(C(C)(C)C)c(O)c(C(C)(C)C)c2)SC1=S. The number of phenols is 1. The third-order valence-electron chi connectivity index (χ3n) is 4.90. The maximum Gasteiger partial charge on any atom is 0.266 e. The number of hydrogen-bond acceptors (Lipinski definition) is 4. The molecule has 0 unspecified atom stereocenters. The number of nitrogens with zero attached hydrogens (tertiary/aromatic N) is 1. The number of rotatable bonds is 3. The summed E-state index contributed by atoms with van der Waals surface area (Å²) in [7, 11) is 0. The first kappa shape index (κ1) is 22.0. The summed E-state index contributed by atoms with van der Waals surface area (Å²) in [5.74, 6) is 0.321. The van der Waals surface area contributed by atoms with Gasteiger partial charge in [0, 0.05) is 17.2 Å². The first-order valence-electron chi connectivity index (χ1n) is 9.42. The van der Waals surface area contributed by atoms with Gasteiger partial charge in [-0.1, -0.05) is 72.4 Å². The number of hydrogen-bond donors (Lipinski definition) is 1. The number of carbonyl (C=O) groups excluding carboxylic acids is 1. The van der Waals surface area contributed by atoms with Crippen LogP contribution >= 0.6 is 24.0 Å². The summed E-state index contributed by atoms with van der Waals surface area (Å²) in [6, 6.07) is 4.07. The molecule has 1 fully saturated rings. The van der Waals surface area contributed by atoms with Gasteiger partial charge in [0.1, 0.15) is 10.1 Å². The summed E-state index contributed by atoms with van der Waals surface area (Å²) < 4.78 is 0.617. The summed E-state index contributed by atoms with van der Waals surface area (Å²) in [4.78, 5) is 15.2. The van der Waals surface area contributed by atoms with Crippen LogP contribution in [0.15, 0.2) is 17.0 Å². The molecule has 1 heterocycles. The first-order valence-corrected chi connectivity index (χ1v) is 10.6. The van der Waals surface area contributed by atoms with Gasteiger partial charge < -0.3 is 5.11 Å². The van der Waals surface area contributed by atoms with E-state index in [2.05, 4.69) is 48.5 Å². The number of thioether (sulfide) groups is 1. The number of amides is 1. The van der Waals surface area contributed by atoms with Crippen molar-refractivity contribution < 1.29 is 9.90 Å².